The molecule has 1 saturated carbocycles. The summed E-state index contributed by atoms with van der Waals surface area (Å²) in [6.45, 7) is 4.59. The van der Waals surface area contributed by atoms with Crippen molar-refractivity contribution in [2.75, 3.05) is 13.1 Å². The number of fused-ring (bicyclic) bond motifs is 1. The second-order valence-electron chi connectivity index (χ2n) is 3.27. The van der Waals surface area contributed by atoms with E-state index in [2.05, 4.69) is 24.4 Å². The molecule has 1 N–H and O–H groups in total. The smallest absolute Gasteiger partial charge is 0.00505 e. The van der Waals surface area contributed by atoms with Crippen LogP contribution in [0, 0.1) is 11.3 Å². The fourth-order valence-corrected chi connectivity index (χ4v) is 1.97. The lowest BCUT2D eigenvalue weighted by atomic mass is 10.1. The lowest BCUT2D eigenvalue weighted by Gasteiger charge is -2.01. The molecule has 1 heteroatoms. The molecule has 2 unspecified atom stereocenters. The van der Waals surface area contributed by atoms with Crippen LogP contribution in [-0.2, 0) is 0 Å². The van der Waals surface area contributed by atoms with Crippen molar-refractivity contribution in [2.45, 2.75) is 13.3 Å². The fourth-order valence-electron chi connectivity index (χ4n) is 1.97. The predicted octanol–water partition coefficient (Wildman–Crippen LogP) is 1.17. The molecule has 1 nitrogen and oxygen atoms in total. The molecule has 0 amide bonds. The van der Waals surface area contributed by atoms with Crippen LogP contribution in [0.3, 0.4) is 0 Å². The van der Waals surface area contributed by atoms with Crippen molar-refractivity contribution >= 4 is 0 Å². The highest BCUT2D eigenvalue weighted by Crippen LogP contribution is 2.55. The molecular formula is C8H13N. The second-order valence-corrected chi connectivity index (χ2v) is 3.27. The lowest BCUT2D eigenvalue weighted by Crippen LogP contribution is -2.14. The minimum atomic E-state index is 0.620. The van der Waals surface area contributed by atoms with Crippen molar-refractivity contribution in [3.63, 3.8) is 0 Å². The summed E-state index contributed by atoms with van der Waals surface area (Å²) in [5, 5.41) is 3.40. The third-order valence-corrected chi connectivity index (χ3v) is 2.62. The van der Waals surface area contributed by atoms with Gasteiger partial charge in [-0.1, -0.05) is 12.2 Å². The van der Waals surface area contributed by atoms with E-state index in [1.807, 2.05) is 0 Å². The molecule has 0 radical (unpaired) electrons. The van der Waals surface area contributed by atoms with E-state index in [9.17, 15) is 0 Å². The fraction of sp³-hybridized carbons (Fsp3) is 0.750. The van der Waals surface area contributed by atoms with Crippen LogP contribution in [0.15, 0.2) is 12.2 Å². The molecule has 50 valence electrons. The first-order valence-corrected chi connectivity index (χ1v) is 3.72. The van der Waals surface area contributed by atoms with Gasteiger partial charge in [0.15, 0.2) is 0 Å². The molecule has 0 spiro atoms. The molecule has 2 rings (SSSR count). The van der Waals surface area contributed by atoms with Gasteiger partial charge in [-0.05, 0) is 25.8 Å². The molecule has 0 aromatic heterocycles. The van der Waals surface area contributed by atoms with Gasteiger partial charge in [-0.15, -0.1) is 0 Å². The zero-order valence-corrected chi connectivity index (χ0v) is 5.85. The Bertz CT molecular complexity index is 151. The molecule has 0 aromatic rings. The first-order valence-electron chi connectivity index (χ1n) is 3.72. The van der Waals surface area contributed by atoms with Crippen molar-refractivity contribution in [1.29, 1.82) is 0 Å². The summed E-state index contributed by atoms with van der Waals surface area (Å²) in [5.74, 6) is 0.980. The predicted molar refractivity (Wildman–Crippen MR) is 38.2 cm³/mol. The second kappa shape index (κ2) is 1.60. The number of hydrogen-bond donors (Lipinski definition) is 1. The van der Waals surface area contributed by atoms with Crippen LogP contribution in [0.2, 0.25) is 0 Å². The Kier molecular flexibility index (Phi) is 0.974. The summed E-state index contributed by atoms with van der Waals surface area (Å²) < 4.78 is 0. The number of rotatable bonds is 1. The first kappa shape index (κ1) is 5.48. The first-order chi connectivity index (χ1) is 4.37. The highest BCUT2D eigenvalue weighted by atomic mass is 15.0. The topological polar surface area (TPSA) is 12.0 Å². The summed E-state index contributed by atoms with van der Waals surface area (Å²) in [6.07, 6.45) is 6.00. The molecule has 1 aliphatic carbocycles. The van der Waals surface area contributed by atoms with E-state index in [4.69, 9.17) is 0 Å². The summed E-state index contributed by atoms with van der Waals surface area (Å²) in [7, 11) is 0. The van der Waals surface area contributed by atoms with E-state index >= 15 is 0 Å². The van der Waals surface area contributed by atoms with Crippen LogP contribution in [0.4, 0.5) is 0 Å². The van der Waals surface area contributed by atoms with Crippen LogP contribution < -0.4 is 5.32 Å². The van der Waals surface area contributed by atoms with Gasteiger partial charge in [0.1, 0.15) is 0 Å². The van der Waals surface area contributed by atoms with Crippen molar-refractivity contribution in [1.82, 2.24) is 5.32 Å². The largest absolute Gasteiger partial charge is 0.316 e. The molecule has 0 bridgehead atoms. The average molecular weight is 123 g/mol. The van der Waals surface area contributed by atoms with Gasteiger partial charge in [0.25, 0.3) is 0 Å². The minimum absolute atomic E-state index is 0.620. The van der Waals surface area contributed by atoms with Crippen molar-refractivity contribution in [3.8, 4) is 0 Å². The number of piperidine rings is 1. The quantitative estimate of drug-likeness (QED) is 0.516. The van der Waals surface area contributed by atoms with Crippen molar-refractivity contribution in [2.24, 2.45) is 11.3 Å². The van der Waals surface area contributed by atoms with Gasteiger partial charge in [0.05, 0.1) is 0 Å². The van der Waals surface area contributed by atoms with Gasteiger partial charge in [0, 0.05) is 12.0 Å². The maximum atomic E-state index is 3.40. The van der Waals surface area contributed by atoms with Gasteiger partial charge in [-0.2, -0.15) is 0 Å². The Hall–Kier alpha value is -0.300. The maximum Gasteiger partial charge on any atom is 0.00505 e. The van der Waals surface area contributed by atoms with Gasteiger partial charge < -0.3 is 5.32 Å². The van der Waals surface area contributed by atoms with Crippen LogP contribution in [0.25, 0.3) is 0 Å². The van der Waals surface area contributed by atoms with E-state index in [-0.39, 0.29) is 0 Å². The standard InChI is InChI=1S/C8H13N/c1-2-3-8-4-7(8)5-9-6-8/h2-3,7,9H,4-6H2,1H3/b3-2-. The molecule has 2 fully saturated rings. The van der Waals surface area contributed by atoms with E-state index < -0.39 is 0 Å². The maximum absolute atomic E-state index is 3.40. The van der Waals surface area contributed by atoms with E-state index in [1.54, 1.807) is 0 Å². The summed E-state index contributed by atoms with van der Waals surface area (Å²) in [4.78, 5) is 0. The zero-order valence-electron chi connectivity index (χ0n) is 5.85. The Morgan fingerprint density at radius 2 is 2.56 bits per heavy atom. The van der Waals surface area contributed by atoms with Crippen molar-refractivity contribution < 1.29 is 0 Å². The van der Waals surface area contributed by atoms with Gasteiger partial charge in [-0.3, -0.25) is 0 Å². The molecule has 1 aliphatic heterocycles. The minimum Gasteiger partial charge on any atom is -0.316 e. The van der Waals surface area contributed by atoms with E-state index in [0.717, 1.165) is 5.92 Å². The lowest BCUT2D eigenvalue weighted by molar-refractivity contribution is 0.644. The summed E-state index contributed by atoms with van der Waals surface area (Å²) in [5.41, 5.74) is 0.620. The Morgan fingerprint density at radius 1 is 1.67 bits per heavy atom. The van der Waals surface area contributed by atoms with E-state index in [1.165, 1.54) is 19.5 Å². The van der Waals surface area contributed by atoms with Gasteiger partial charge in [0.2, 0.25) is 0 Å². The van der Waals surface area contributed by atoms with Crippen LogP contribution >= 0.6 is 0 Å². The molecule has 0 aromatic carbocycles. The van der Waals surface area contributed by atoms with Crippen LogP contribution in [-0.4, -0.2) is 13.1 Å². The number of allylic oxidation sites excluding steroid dienone is 1. The molecular weight excluding hydrogens is 110 g/mol. The normalized spacial score (nSPS) is 47.9. The highest BCUT2D eigenvalue weighted by molar-refractivity contribution is 5.19. The molecule has 9 heavy (non-hydrogen) atoms. The average Bonchev–Trinajstić information content (AvgIpc) is 2.37. The molecule has 2 atom stereocenters. The Balaban J connectivity index is 2.10. The monoisotopic (exact) mass is 123 g/mol. The summed E-state index contributed by atoms with van der Waals surface area (Å²) >= 11 is 0. The third kappa shape index (κ3) is 0.645. The molecule has 2 aliphatic rings. The number of hydrogen-bond acceptors (Lipinski definition) is 1. The number of nitrogens with one attached hydrogen (secondary N) is 1. The van der Waals surface area contributed by atoms with Crippen LogP contribution in [0.5, 0.6) is 0 Å². The highest BCUT2D eigenvalue weighted by Gasteiger charge is 2.54. The van der Waals surface area contributed by atoms with Crippen molar-refractivity contribution in [3.05, 3.63) is 12.2 Å². The summed E-state index contributed by atoms with van der Waals surface area (Å²) in [6, 6.07) is 0. The Morgan fingerprint density at radius 3 is 3.00 bits per heavy atom. The third-order valence-electron chi connectivity index (χ3n) is 2.62. The Labute approximate surface area is 56.1 Å². The van der Waals surface area contributed by atoms with Gasteiger partial charge in [-0.25, -0.2) is 0 Å². The zero-order chi connectivity index (χ0) is 6.32. The van der Waals surface area contributed by atoms with Crippen LogP contribution in [0.1, 0.15) is 13.3 Å². The molecule has 1 heterocycles. The molecule has 1 saturated heterocycles. The van der Waals surface area contributed by atoms with E-state index in [0.29, 0.717) is 5.41 Å². The van der Waals surface area contributed by atoms with Gasteiger partial charge >= 0.3 is 0 Å². The SMILES string of the molecule is C/C=C\C12CNCC1C2.